The fourth-order valence-electron chi connectivity index (χ4n) is 3.85. The molecule has 178 valence electrons. The highest BCUT2D eigenvalue weighted by Crippen LogP contribution is 2.29. The minimum absolute atomic E-state index is 0.00195. The summed E-state index contributed by atoms with van der Waals surface area (Å²) in [6, 6.07) is 3.51. The smallest absolute Gasteiger partial charge is 0.248 e. The van der Waals surface area contributed by atoms with Gasteiger partial charge in [-0.1, -0.05) is 5.16 Å². The van der Waals surface area contributed by atoms with Gasteiger partial charge >= 0.3 is 0 Å². The number of pyridine rings is 1. The van der Waals surface area contributed by atoms with Crippen molar-refractivity contribution in [2.24, 2.45) is 0 Å². The average Bonchev–Trinajstić information content (AvgIpc) is 3.60. The zero-order chi connectivity index (χ0) is 23.7. The van der Waals surface area contributed by atoms with Crippen LogP contribution in [-0.4, -0.2) is 71.2 Å². The highest BCUT2D eigenvalue weighted by Gasteiger charge is 2.34. The lowest BCUT2D eigenvalue weighted by Crippen LogP contribution is -2.39. The van der Waals surface area contributed by atoms with Crippen molar-refractivity contribution in [3.05, 3.63) is 48.0 Å². The number of nitrogens with zero attached hydrogens (tertiary/aromatic N) is 10. The normalized spacial score (nSPS) is 15.6. The molecule has 34 heavy (non-hydrogen) atoms. The van der Waals surface area contributed by atoms with Gasteiger partial charge in [-0.2, -0.15) is 24.0 Å². The second kappa shape index (κ2) is 8.90. The van der Waals surface area contributed by atoms with E-state index >= 15 is 0 Å². The molecule has 4 aromatic rings. The number of ether oxygens (including phenoxy) is 1. The molecule has 0 atom stereocenters. The van der Waals surface area contributed by atoms with Crippen LogP contribution in [0.2, 0.25) is 0 Å². The van der Waals surface area contributed by atoms with Gasteiger partial charge < -0.3 is 9.26 Å². The van der Waals surface area contributed by atoms with Gasteiger partial charge in [0.1, 0.15) is 35.0 Å². The summed E-state index contributed by atoms with van der Waals surface area (Å²) in [6.45, 7) is 4.20. The van der Waals surface area contributed by atoms with E-state index < -0.39 is 10.0 Å². The van der Waals surface area contributed by atoms with E-state index in [9.17, 15) is 8.42 Å². The standard InChI is InChI=1S/C19H22N10O4S/c1-13-19(14(2)33-24-13)34(30,31)27-7-5-16(6-8-27)29-22-9-15(23-29)11-32-17-3-4-18(20-10-17)28-12-21-25-26-28/h3-4,9-10,12,16H,5-8,11H2,1-2H3. The molecule has 1 fully saturated rings. The molecule has 5 rings (SSSR count). The molecule has 0 aromatic carbocycles. The SMILES string of the molecule is Cc1noc(C)c1S(=O)(=O)N1CCC(n2ncc(COc3ccc(-n4cnnn4)nc3)n2)CC1. The number of rotatable bonds is 7. The van der Waals surface area contributed by atoms with Crippen LogP contribution in [0.4, 0.5) is 0 Å². The van der Waals surface area contributed by atoms with Crippen LogP contribution in [0.3, 0.4) is 0 Å². The third-order valence-corrected chi connectivity index (χ3v) is 7.71. The van der Waals surface area contributed by atoms with E-state index in [1.807, 2.05) is 0 Å². The Morgan fingerprint density at radius 2 is 2.00 bits per heavy atom. The Morgan fingerprint density at radius 1 is 1.18 bits per heavy atom. The number of hydrogen-bond donors (Lipinski definition) is 0. The Hall–Kier alpha value is -3.72. The molecule has 0 bridgehead atoms. The van der Waals surface area contributed by atoms with Gasteiger partial charge in [0.2, 0.25) is 10.0 Å². The Kier molecular flexibility index (Phi) is 5.79. The molecule has 4 aromatic heterocycles. The van der Waals surface area contributed by atoms with Crippen molar-refractivity contribution in [2.45, 2.75) is 44.2 Å². The first-order chi connectivity index (χ1) is 16.4. The first-order valence-corrected chi connectivity index (χ1v) is 12.0. The van der Waals surface area contributed by atoms with E-state index in [0.717, 1.165) is 0 Å². The van der Waals surface area contributed by atoms with E-state index in [0.29, 0.717) is 54.6 Å². The molecular formula is C19H22N10O4S. The van der Waals surface area contributed by atoms with Crippen LogP contribution in [0, 0.1) is 13.8 Å². The topological polar surface area (TPSA) is 160 Å². The van der Waals surface area contributed by atoms with E-state index in [-0.39, 0.29) is 17.5 Å². The molecule has 1 saturated heterocycles. The van der Waals surface area contributed by atoms with Gasteiger partial charge in [0.05, 0.1) is 18.4 Å². The Bertz CT molecular complexity index is 1340. The van der Waals surface area contributed by atoms with Crippen LogP contribution in [0.1, 0.15) is 36.0 Å². The Balaban J connectivity index is 1.17. The number of hydrogen-bond acceptors (Lipinski definition) is 11. The summed E-state index contributed by atoms with van der Waals surface area (Å²) in [5.74, 6) is 1.45. The average molecular weight is 487 g/mol. The monoisotopic (exact) mass is 486 g/mol. The Morgan fingerprint density at radius 3 is 2.65 bits per heavy atom. The van der Waals surface area contributed by atoms with Crippen LogP contribution in [0.25, 0.3) is 5.82 Å². The predicted molar refractivity (Wildman–Crippen MR) is 114 cm³/mol. The van der Waals surface area contributed by atoms with Crippen molar-refractivity contribution in [1.82, 2.24) is 49.6 Å². The summed E-state index contributed by atoms with van der Waals surface area (Å²) < 4.78 is 39.7. The third kappa shape index (κ3) is 4.26. The lowest BCUT2D eigenvalue weighted by atomic mass is 10.1. The van der Waals surface area contributed by atoms with Crippen LogP contribution in [0.15, 0.2) is 40.3 Å². The number of tetrazole rings is 1. The van der Waals surface area contributed by atoms with Crippen LogP contribution >= 0.6 is 0 Å². The van der Waals surface area contributed by atoms with Gasteiger partial charge in [0.25, 0.3) is 0 Å². The maximum absolute atomic E-state index is 13.0. The molecule has 0 N–H and O–H groups in total. The lowest BCUT2D eigenvalue weighted by Gasteiger charge is -2.30. The zero-order valence-corrected chi connectivity index (χ0v) is 19.3. The number of sulfonamides is 1. The van der Waals surface area contributed by atoms with Crippen LogP contribution in [0.5, 0.6) is 5.75 Å². The molecule has 0 amide bonds. The minimum Gasteiger partial charge on any atom is -0.486 e. The molecule has 15 heteroatoms. The summed E-state index contributed by atoms with van der Waals surface area (Å²) in [5.41, 5.74) is 1.04. The van der Waals surface area contributed by atoms with E-state index in [1.165, 1.54) is 15.3 Å². The van der Waals surface area contributed by atoms with Crippen molar-refractivity contribution in [3.63, 3.8) is 0 Å². The number of aryl methyl sites for hydroxylation is 2. The van der Waals surface area contributed by atoms with E-state index in [2.05, 4.69) is 35.9 Å². The molecule has 14 nitrogen and oxygen atoms in total. The lowest BCUT2D eigenvalue weighted by molar-refractivity contribution is 0.241. The minimum atomic E-state index is -3.65. The highest BCUT2D eigenvalue weighted by atomic mass is 32.2. The number of piperidine rings is 1. The second-order valence-electron chi connectivity index (χ2n) is 7.84. The molecule has 0 saturated carbocycles. The quantitative estimate of drug-likeness (QED) is 0.364. The van der Waals surface area contributed by atoms with Gasteiger partial charge in [-0.3, -0.25) is 0 Å². The maximum atomic E-state index is 13.0. The van der Waals surface area contributed by atoms with Gasteiger partial charge in [-0.25, -0.2) is 13.4 Å². The largest absolute Gasteiger partial charge is 0.486 e. The fraction of sp³-hybridized carbons (Fsp3) is 0.421. The van der Waals surface area contributed by atoms with Crippen molar-refractivity contribution < 1.29 is 17.7 Å². The molecule has 1 aliphatic heterocycles. The summed E-state index contributed by atoms with van der Waals surface area (Å²) in [6.07, 6.45) is 5.88. The summed E-state index contributed by atoms with van der Waals surface area (Å²) in [7, 11) is -3.65. The van der Waals surface area contributed by atoms with Gasteiger partial charge in [0, 0.05) is 13.1 Å². The summed E-state index contributed by atoms with van der Waals surface area (Å²) in [4.78, 5) is 6.05. The molecule has 0 aliphatic carbocycles. The Labute approximate surface area is 194 Å². The highest BCUT2D eigenvalue weighted by molar-refractivity contribution is 7.89. The maximum Gasteiger partial charge on any atom is 0.248 e. The van der Waals surface area contributed by atoms with Crippen molar-refractivity contribution >= 4 is 10.0 Å². The van der Waals surface area contributed by atoms with Crippen molar-refractivity contribution in [2.75, 3.05) is 13.1 Å². The summed E-state index contributed by atoms with van der Waals surface area (Å²) >= 11 is 0. The molecular weight excluding hydrogens is 464 g/mol. The van der Waals surface area contributed by atoms with Gasteiger partial charge in [-0.05, 0) is 49.2 Å². The predicted octanol–water partition coefficient (Wildman–Crippen LogP) is 0.858. The van der Waals surface area contributed by atoms with Crippen molar-refractivity contribution in [3.8, 4) is 11.6 Å². The van der Waals surface area contributed by atoms with Crippen molar-refractivity contribution in [1.29, 1.82) is 0 Å². The molecule has 0 unspecified atom stereocenters. The molecule has 0 radical (unpaired) electrons. The second-order valence-corrected chi connectivity index (χ2v) is 9.71. The number of aromatic nitrogens is 9. The van der Waals surface area contributed by atoms with Crippen LogP contribution < -0.4 is 4.74 Å². The fourth-order valence-corrected chi connectivity index (χ4v) is 5.61. The first-order valence-electron chi connectivity index (χ1n) is 10.6. The first kappa shape index (κ1) is 22.1. The third-order valence-electron chi connectivity index (χ3n) is 5.56. The van der Waals surface area contributed by atoms with E-state index in [1.54, 1.807) is 43.2 Å². The van der Waals surface area contributed by atoms with E-state index in [4.69, 9.17) is 9.26 Å². The van der Waals surface area contributed by atoms with Gasteiger partial charge in [-0.15, -0.1) is 5.10 Å². The molecule has 5 heterocycles. The molecule has 0 spiro atoms. The van der Waals surface area contributed by atoms with Gasteiger partial charge in [0.15, 0.2) is 11.6 Å². The van der Waals surface area contributed by atoms with Crippen LogP contribution in [-0.2, 0) is 16.6 Å². The molecule has 1 aliphatic rings. The zero-order valence-electron chi connectivity index (χ0n) is 18.5. The summed E-state index contributed by atoms with van der Waals surface area (Å²) in [5, 5.41) is 23.6.